The second-order valence-corrected chi connectivity index (χ2v) is 6.33. The van der Waals surface area contributed by atoms with Crippen molar-refractivity contribution in [3.8, 4) is 5.75 Å². The summed E-state index contributed by atoms with van der Waals surface area (Å²) >= 11 is 5.99. The number of carbonyl (C=O) groups is 1. The van der Waals surface area contributed by atoms with Gasteiger partial charge in [-0.15, -0.1) is 12.4 Å². The second kappa shape index (κ2) is 10.4. The van der Waals surface area contributed by atoms with Gasteiger partial charge in [0.15, 0.2) is 0 Å². The summed E-state index contributed by atoms with van der Waals surface area (Å²) in [6.07, 6.45) is 0.364. The van der Waals surface area contributed by atoms with E-state index in [4.69, 9.17) is 21.1 Å². The summed E-state index contributed by atoms with van der Waals surface area (Å²) < 4.78 is 11.2. The summed E-state index contributed by atoms with van der Waals surface area (Å²) in [6, 6.07) is 15.0. The van der Waals surface area contributed by atoms with Gasteiger partial charge < -0.3 is 20.1 Å². The molecule has 0 spiro atoms. The molecule has 0 bridgehead atoms. The summed E-state index contributed by atoms with van der Waals surface area (Å²) in [5.41, 5.74) is 1.63. The lowest BCUT2D eigenvalue weighted by Crippen LogP contribution is -2.43. The summed E-state index contributed by atoms with van der Waals surface area (Å²) in [7, 11) is 0. The van der Waals surface area contributed by atoms with Crippen LogP contribution in [0.25, 0.3) is 0 Å². The number of rotatable bonds is 6. The van der Waals surface area contributed by atoms with Crippen molar-refractivity contribution in [2.75, 3.05) is 25.1 Å². The molecule has 3 rings (SSSR count). The Morgan fingerprint density at radius 1 is 1.27 bits per heavy atom. The van der Waals surface area contributed by atoms with E-state index in [9.17, 15) is 4.79 Å². The third kappa shape index (κ3) is 6.18. The van der Waals surface area contributed by atoms with Gasteiger partial charge in [-0.2, -0.15) is 0 Å². The van der Waals surface area contributed by atoms with Gasteiger partial charge in [0.25, 0.3) is 0 Å². The lowest BCUT2D eigenvalue weighted by Gasteiger charge is -2.23. The molecule has 2 aromatic carbocycles. The van der Waals surface area contributed by atoms with Gasteiger partial charge in [0, 0.05) is 24.0 Å². The van der Waals surface area contributed by atoms with Crippen LogP contribution in [0, 0.1) is 0 Å². The normalized spacial score (nSPS) is 16.4. The van der Waals surface area contributed by atoms with E-state index in [1.54, 1.807) is 0 Å². The molecule has 7 heteroatoms. The minimum atomic E-state index is -0.0678. The van der Waals surface area contributed by atoms with E-state index in [1.165, 1.54) is 0 Å². The first kappa shape index (κ1) is 20.5. The number of hydrogen-bond acceptors (Lipinski definition) is 4. The number of benzene rings is 2. The highest BCUT2D eigenvalue weighted by molar-refractivity contribution is 6.30. The van der Waals surface area contributed by atoms with E-state index in [0.29, 0.717) is 42.7 Å². The molecular formula is C19H22Cl2N2O3. The van der Waals surface area contributed by atoms with Gasteiger partial charge in [0.05, 0.1) is 18.9 Å². The van der Waals surface area contributed by atoms with Gasteiger partial charge >= 0.3 is 0 Å². The van der Waals surface area contributed by atoms with Crippen LogP contribution in [0.4, 0.5) is 5.69 Å². The van der Waals surface area contributed by atoms with Crippen LogP contribution in [0.2, 0.25) is 5.02 Å². The molecule has 1 amide bonds. The first-order valence-electron chi connectivity index (χ1n) is 8.28. The zero-order valence-corrected chi connectivity index (χ0v) is 15.8. The highest BCUT2D eigenvalue weighted by Crippen LogP contribution is 2.25. The first-order chi connectivity index (χ1) is 12.2. The fraction of sp³-hybridized carbons (Fsp3) is 0.316. The zero-order valence-electron chi connectivity index (χ0n) is 14.2. The molecule has 2 aromatic rings. The molecule has 1 unspecified atom stereocenters. The third-order valence-corrected chi connectivity index (χ3v) is 4.11. The molecule has 0 aromatic heterocycles. The molecule has 1 atom stereocenters. The van der Waals surface area contributed by atoms with Crippen LogP contribution < -0.4 is 15.4 Å². The average molecular weight is 397 g/mol. The van der Waals surface area contributed by atoms with E-state index in [1.807, 2.05) is 48.5 Å². The van der Waals surface area contributed by atoms with E-state index < -0.39 is 0 Å². The Kier molecular flexibility index (Phi) is 8.19. The Bertz CT molecular complexity index is 721. The molecule has 1 heterocycles. The molecule has 140 valence electrons. The molecule has 5 nitrogen and oxygen atoms in total. The highest BCUT2D eigenvalue weighted by Gasteiger charge is 2.17. The predicted octanol–water partition coefficient (Wildman–Crippen LogP) is 3.66. The maximum absolute atomic E-state index is 12.3. The van der Waals surface area contributed by atoms with Crippen LogP contribution in [0.5, 0.6) is 5.75 Å². The number of ether oxygens (including phenoxy) is 2. The quantitative estimate of drug-likeness (QED) is 0.781. The van der Waals surface area contributed by atoms with Gasteiger partial charge in [-0.25, -0.2) is 0 Å². The smallest absolute Gasteiger partial charge is 0.226 e. The Balaban J connectivity index is 0.00000243. The second-order valence-electron chi connectivity index (χ2n) is 5.89. The van der Waals surface area contributed by atoms with Crippen molar-refractivity contribution in [1.82, 2.24) is 5.32 Å². The van der Waals surface area contributed by atoms with Gasteiger partial charge in [-0.3, -0.25) is 4.79 Å². The molecular weight excluding hydrogens is 375 g/mol. The molecule has 1 fully saturated rings. The van der Waals surface area contributed by atoms with Crippen molar-refractivity contribution in [2.45, 2.75) is 19.1 Å². The molecule has 0 radical (unpaired) electrons. The van der Waals surface area contributed by atoms with Crippen LogP contribution in [-0.2, 0) is 16.1 Å². The predicted molar refractivity (Wildman–Crippen MR) is 105 cm³/mol. The average Bonchev–Trinajstić information content (AvgIpc) is 2.62. The van der Waals surface area contributed by atoms with Gasteiger partial charge in [0.2, 0.25) is 5.91 Å². The van der Waals surface area contributed by atoms with Crippen LogP contribution in [-0.4, -0.2) is 31.7 Å². The Morgan fingerprint density at radius 3 is 2.88 bits per heavy atom. The number of para-hydroxylation sites is 2. The lowest BCUT2D eigenvalue weighted by molar-refractivity contribution is -0.117. The maximum atomic E-state index is 12.3. The highest BCUT2D eigenvalue weighted by atomic mass is 35.5. The standard InChI is InChI=1S/C19H21ClN2O3.ClH/c20-15-5-3-4-14(10-15)12-25-18-7-2-1-6-17(18)22-19(23)11-16-13-24-9-8-21-16;/h1-7,10,16,21H,8-9,11-13H2,(H,22,23);1H. The number of carbonyl (C=O) groups excluding carboxylic acids is 1. The third-order valence-electron chi connectivity index (χ3n) is 3.87. The van der Waals surface area contributed by atoms with Crippen molar-refractivity contribution < 1.29 is 14.3 Å². The molecule has 26 heavy (non-hydrogen) atoms. The summed E-state index contributed by atoms with van der Waals surface area (Å²) in [5, 5.41) is 6.86. The Morgan fingerprint density at radius 2 is 2.12 bits per heavy atom. The van der Waals surface area contributed by atoms with E-state index >= 15 is 0 Å². The van der Waals surface area contributed by atoms with Crippen molar-refractivity contribution in [1.29, 1.82) is 0 Å². The molecule has 1 aliphatic rings. The summed E-state index contributed by atoms with van der Waals surface area (Å²) in [5.74, 6) is 0.561. The number of nitrogens with one attached hydrogen (secondary N) is 2. The first-order valence-corrected chi connectivity index (χ1v) is 8.66. The maximum Gasteiger partial charge on any atom is 0.226 e. The number of hydrogen-bond donors (Lipinski definition) is 2. The molecule has 0 aliphatic carbocycles. The monoisotopic (exact) mass is 396 g/mol. The molecule has 0 saturated carbocycles. The van der Waals surface area contributed by atoms with E-state index in [0.717, 1.165) is 12.1 Å². The van der Waals surface area contributed by atoms with Crippen molar-refractivity contribution in [3.63, 3.8) is 0 Å². The summed E-state index contributed by atoms with van der Waals surface area (Å²) in [4.78, 5) is 12.3. The lowest BCUT2D eigenvalue weighted by atomic mass is 10.2. The Hall–Kier alpha value is -1.79. The number of halogens is 2. The topological polar surface area (TPSA) is 59.6 Å². The van der Waals surface area contributed by atoms with Crippen molar-refractivity contribution >= 4 is 35.6 Å². The number of anilines is 1. The van der Waals surface area contributed by atoms with Crippen LogP contribution in [0.3, 0.4) is 0 Å². The minimum Gasteiger partial charge on any atom is -0.487 e. The SMILES string of the molecule is Cl.O=C(CC1COCCN1)Nc1ccccc1OCc1cccc(Cl)c1. The van der Waals surface area contributed by atoms with E-state index in [2.05, 4.69) is 10.6 Å². The van der Waals surface area contributed by atoms with Gasteiger partial charge in [-0.05, 0) is 29.8 Å². The zero-order chi connectivity index (χ0) is 17.5. The molecule has 1 saturated heterocycles. The van der Waals surface area contributed by atoms with Crippen LogP contribution in [0.15, 0.2) is 48.5 Å². The largest absolute Gasteiger partial charge is 0.487 e. The van der Waals surface area contributed by atoms with Gasteiger partial charge in [0.1, 0.15) is 12.4 Å². The van der Waals surface area contributed by atoms with Crippen molar-refractivity contribution in [3.05, 3.63) is 59.1 Å². The van der Waals surface area contributed by atoms with Gasteiger partial charge in [-0.1, -0.05) is 35.9 Å². The van der Waals surface area contributed by atoms with Crippen LogP contribution in [0.1, 0.15) is 12.0 Å². The van der Waals surface area contributed by atoms with E-state index in [-0.39, 0.29) is 24.4 Å². The van der Waals surface area contributed by atoms with Crippen molar-refractivity contribution in [2.24, 2.45) is 0 Å². The molecule has 1 aliphatic heterocycles. The summed E-state index contributed by atoms with van der Waals surface area (Å²) in [6.45, 7) is 2.40. The molecule has 2 N–H and O–H groups in total. The number of morpholine rings is 1. The Labute approximate surface area is 164 Å². The minimum absolute atomic E-state index is 0. The fourth-order valence-corrected chi connectivity index (χ4v) is 2.87. The fourth-order valence-electron chi connectivity index (χ4n) is 2.66. The number of amides is 1. The van der Waals surface area contributed by atoms with Crippen LogP contribution >= 0.6 is 24.0 Å².